The molecule has 5 rings (SSSR count). The number of carbonyl (C=O) groups is 2. The van der Waals surface area contributed by atoms with E-state index in [1.807, 2.05) is 6.07 Å². The van der Waals surface area contributed by atoms with Gasteiger partial charge in [-0.1, -0.05) is 11.3 Å². The molecule has 0 saturated carbocycles. The molecule has 1 amide bonds. The number of aromatic nitrogens is 1. The third-order valence-corrected chi connectivity index (χ3v) is 6.86. The van der Waals surface area contributed by atoms with Gasteiger partial charge in [0.05, 0.1) is 65.5 Å². The average Bonchev–Trinajstić information content (AvgIpc) is 3.21. The van der Waals surface area contributed by atoms with Crippen LogP contribution in [0.5, 0.6) is 5.75 Å². The third-order valence-electron chi connectivity index (χ3n) is 5.75. The van der Waals surface area contributed by atoms with Gasteiger partial charge < -0.3 is 24.8 Å². The van der Waals surface area contributed by atoms with Crippen LogP contribution in [0.1, 0.15) is 32.7 Å². The second-order valence-corrected chi connectivity index (χ2v) is 8.58. The number of nitrogens with zero attached hydrogens (tertiary/aromatic N) is 3. The number of carboxylic acid groups (broad SMARTS) is 1. The molecule has 0 aliphatic carbocycles. The van der Waals surface area contributed by atoms with Crippen molar-refractivity contribution < 1.29 is 24.2 Å². The molecule has 2 aliphatic heterocycles. The van der Waals surface area contributed by atoms with E-state index in [0.29, 0.717) is 41.3 Å². The van der Waals surface area contributed by atoms with Crippen molar-refractivity contribution >= 4 is 44.2 Å². The molecule has 10 heteroatoms. The van der Waals surface area contributed by atoms with Gasteiger partial charge in [-0.05, 0) is 36.8 Å². The number of thiazole rings is 1. The summed E-state index contributed by atoms with van der Waals surface area (Å²) >= 11 is 1.40. The van der Waals surface area contributed by atoms with Gasteiger partial charge in [-0.15, -0.1) is 0 Å². The first-order valence-corrected chi connectivity index (χ1v) is 10.7. The van der Waals surface area contributed by atoms with Crippen LogP contribution in [0, 0.1) is 11.3 Å². The molecule has 2 N–H and O–H groups in total. The van der Waals surface area contributed by atoms with E-state index >= 15 is 0 Å². The maximum absolute atomic E-state index is 13.3. The standard InChI is InChI=1S/C22H18N4O5S/c1-30-17-5-4-15-19(32-22(25-15)26-12-7-13(26)10-31-9-12)18(17)20(27)24-16-6-11(8-23)2-3-14(16)21(28)29/h2-6,12-13H,7,9-10H2,1H3,(H,24,27)(H,28,29). The molecule has 0 spiro atoms. The highest BCUT2D eigenvalue weighted by molar-refractivity contribution is 7.22. The molecule has 0 radical (unpaired) electrons. The molecule has 2 unspecified atom stereocenters. The van der Waals surface area contributed by atoms with Crippen molar-refractivity contribution in [3.63, 3.8) is 0 Å². The summed E-state index contributed by atoms with van der Waals surface area (Å²) in [5.41, 5.74) is 1.10. The van der Waals surface area contributed by atoms with E-state index in [1.54, 1.807) is 12.1 Å². The van der Waals surface area contributed by atoms with Crippen LogP contribution in [-0.2, 0) is 4.74 Å². The van der Waals surface area contributed by atoms with Crippen LogP contribution in [0.4, 0.5) is 10.8 Å². The van der Waals surface area contributed by atoms with Crippen molar-refractivity contribution in [3.05, 3.63) is 47.0 Å². The van der Waals surface area contributed by atoms with E-state index in [9.17, 15) is 14.7 Å². The fourth-order valence-electron chi connectivity index (χ4n) is 4.20. The second-order valence-electron chi connectivity index (χ2n) is 7.61. The summed E-state index contributed by atoms with van der Waals surface area (Å²) in [4.78, 5) is 31.9. The fraction of sp³-hybridized carbons (Fsp3) is 0.273. The summed E-state index contributed by atoms with van der Waals surface area (Å²) in [5, 5.41) is 22.1. The first-order valence-electron chi connectivity index (χ1n) is 9.92. The van der Waals surface area contributed by atoms with Crippen molar-refractivity contribution in [2.24, 2.45) is 0 Å². The summed E-state index contributed by atoms with van der Waals surface area (Å²) in [6, 6.07) is 10.0. The Kier molecular flexibility index (Phi) is 4.92. The highest BCUT2D eigenvalue weighted by Gasteiger charge is 2.44. The molecule has 9 nitrogen and oxygen atoms in total. The summed E-state index contributed by atoms with van der Waals surface area (Å²) in [6.07, 6.45) is 1.07. The van der Waals surface area contributed by atoms with Crippen molar-refractivity contribution in [1.29, 1.82) is 5.26 Å². The minimum absolute atomic E-state index is 0.0415. The molecule has 1 aromatic heterocycles. The number of rotatable bonds is 5. The van der Waals surface area contributed by atoms with E-state index in [0.717, 1.165) is 11.6 Å². The predicted molar refractivity (Wildman–Crippen MR) is 118 cm³/mol. The van der Waals surface area contributed by atoms with E-state index in [2.05, 4.69) is 10.2 Å². The number of nitrogens with one attached hydrogen (secondary N) is 1. The minimum atomic E-state index is -1.21. The zero-order chi connectivity index (χ0) is 22.4. The van der Waals surface area contributed by atoms with Crippen molar-refractivity contribution in [3.8, 4) is 11.8 Å². The van der Waals surface area contributed by atoms with E-state index in [1.165, 1.54) is 36.6 Å². The van der Waals surface area contributed by atoms with Crippen LogP contribution in [0.2, 0.25) is 0 Å². The molecular weight excluding hydrogens is 432 g/mol. The number of benzene rings is 2. The van der Waals surface area contributed by atoms with Crippen LogP contribution in [0.15, 0.2) is 30.3 Å². The normalized spacial score (nSPS) is 19.2. The number of anilines is 2. The zero-order valence-corrected chi connectivity index (χ0v) is 17.8. The minimum Gasteiger partial charge on any atom is -0.496 e. The summed E-state index contributed by atoms with van der Waals surface area (Å²) in [5.74, 6) is -1.39. The molecule has 2 aliphatic rings. The topological polar surface area (TPSA) is 125 Å². The van der Waals surface area contributed by atoms with Crippen LogP contribution in [-0.4, -0.2) is 54.4 Å². The Morgan fingerprint density at radius 1 is 1.31 bits per heavy atom. The maximum atomic E-state index is 13.3. The van der Waals surface area contributed by atoms with Gasteiger partial charge >= 0.3 is 5.97 Å². The highest BCUT2D eigenvalue weighted by atomic mass is 32.1. The second kappa shape index (κ2) is 7.78. The van der Waals surface area contributed by atoms with Crippen LogP contribution < -0.4 is 15.0 Å². The zero-order valence-electron chi connectivity index (χ0n) is 17.0. The highest BCUT2D eigenvalue weighted by Crippen LogP contribution is 2.42. The van der Waals surface area contributed by atoms with Gasteiger partial charge in [0.15, 0.2) is 5.13 Å². The predicted octanol–water partition coefficient (Wildman–Crippen LogP) is 3.10. The first-order chi connectivity index (χ1) is 15.5. The summed E-state index contributed by atoms with van der Waals surface area (Å²) in [6.45, 7) is 1.33. The average molecular weight is 450 g/mol. The number of aromatic carboxylic acids is 1. The lowest BCUT2D eigenvalue weighted by atomic mass is 9.92. The Hall–Kier alpha value is -3.68. The third kappa shape index (κ3) is 3.23. The van der Waals surface area contributed by atoms with Gasteiger partial charge in [0, 0.05) is 0 Å². The molecule has 2 bridgehead atoms. The number of amides is 1. The molecule has 2 fully saturated rings. The van der Waals surface area contributed by atoms with E-state index < -0.39 is 11.9 Å². The molecule has 2 saturated heterocycles. The van der Waals surface area contributed by atoms with Crippen LogP contribution in [0.3, 0.4) is 0 Å². The lowest BCUT2D eigenvalue weighted by Crippen LogP contribution is -2.64. The number of fused-ring (bicyclic) bond motifs is 3. The summed E-state index contributed by atoms with van der Waals surface area (Å²) in [7, 11) is 1.47. The number of ether oxygens (including phenoxy) is 2. The van der Waals surface area contributed by atoms with Gasteiger partial charge in [0.2, 0.25) is 0 Å². The maximum Gasteiger partial charge on any atom is 0.337 e. The Morgan fingerprint density at radius 3 is 2.75 bits per heavy atom. The van der Waals surface area contributed by atoms with Gasteiger partial charge in [-0.2, -0.15) is 5.26 Å². The molecule has 3 heterocycles. The number of methoxy groups -OCH3 is 1. The van der Waals surface area contributed by atoms with Crippen molar-refractivity contribution in [2.45, 2.75) is 18.5 Å². The molecule has 162 valence electrons. The number of nitriles is 1. The van der Waals surface area contributed by atoms with Gasteiger partial charge in [-0.25, -0.2) is 9.78 Å². The Morgan fingerprint density at radius 2 is 2.09 bits per heavy atom. The number of hydrogen-bond acceptors (Lipinski definition) is 8. The van der Waals surface area contributed by atoms with Gasteiger partial charge in [0.25, 0.3) is 5.91 Å². The van der Waals surface area contributed by atoms with Crippen LogP contribution >= 0.6 is 11.3 Å². The van der Waals surface area contributed by atoms with E-state index in [4.69, 9.17) is 19.7 Å². The SMILES string of the molecule is COc1ccc2nc(N3C4COCC3C4)sc2c1C(=O)Nc1cc(C#N)ccc1C(=O)O. The number of hydrogen-bond donors (Lipinski definition) is 2. The monoisotopic (exact) mass is 450 g/mol. The number of morpholine rings is 1. The van der Waals surface area contributed by atoms with Crippen molar-refractivity contribution in [1.82, 2.24) is 4.98 Å². The largest absolute Gasteiger partial charge is 0.496 e. The van der Waals surface area contributed by atoms with Gasteiger partial charge in [0.1, 0.15) is 11.3 Å². The lowest BCUT2D eigenvalue weighted by molar-refractivity contribution is 0.0103. The number of carbonyl (C=O) groups excluding carboxylic acids is 1. The lowest BCUT2D eigenvalue weighted by Gasteiger charge is -2.52. The Balaban J connectivity index is 1.55. The molecule has 32 heavy (non-hydrogen) atoms. The number of carboxylic acids is 1. The Labute approximate surface area is 186 Å². The van der Waals surface area contributed by atoms with Crippen molar-refractivity contribution in [2.75, 3.05) is 30.5 Å². The fourth-order valence-corrected chi connectivity index (χ4v) is 5.44. The summed E-state index contributed by atoms with van der Waals surface area (Å²) < 4.78 is 11.6. The first kappa shape index (κ1) is 20.2. The smallest absolute Gasteiger partial charge is 0.337 e. The van der Waals surface area contributed by atoms with Crippen LogP contribution in [0.25, 0.3) is 10.2 Å². The quantitative estimate of drug-likeness (QED) is 0.608. The van der Waals surface area contributed by atoms with Gasteiger partial charge in [-0.3, -0.25) is 4.79 Å². The molecule has 3 aromatic rings. The Bertz CT molecular complexity index is 1280. The molecular formula is C22H18N4O5S. The molecule has 2 aromatic carbocycles. The van der Waals surface area contributed by atoms with E-state index in [-0.39, 0.29) is 22.4 Å². The molecule has 2 atom stereocenters.